The van der Waals surface area contributed by atoms with Crippen molar-refractivity contribution in [2.24, 2.45) is 0 Å². The van der Waals surface area contributed by atoms with Gasteiger partial charge in [0.2, 0.25) is 0 Å². The highest BCUT2D eigenvalue weighted by atomic mass is 32.2. The Hall–Kier alpha value is -2.54. The molecule has 6 nitrogen and oxygen atoms in total. The lowest BCUT2D eigenvalue weighted by Gasteiger charge is -2.31. The van der Waals surface area contributed by atoms with Gasteiger partial charge in [0.05, 0.1) is 17.3 Å². The van der Waals surface area contributed by atoms with E-state index in [2.05, 4.69) is 5.32 Å². The molecule has 3 rings (SSSR count). The van der Waals surface area contributed by atoms with Crippen molar-refractivity contribution < 1.29 is 17.9 Å². The van der Waals surface area contributed by atoms with Crippen LogP contribution in [0.4, 0.5) is 10.5 Å². The first kappa shape index (κ1) is 20.2. The van der Waals surface area contributed by atoms with Gasteiger partial charge in [0.15, 0.2) is 9.84 Å². The second-order valence-corrected chi connectivity index (χ2v) is 9.36. The lowest BCUT2D eigenvalue weighted by Crippen LogP contribution is -2.44. The Morgan fingerprint density at radius 1 is 1.04 bits per heavy atom. The quantitative estimate of drug-likeness (QED) is 0.844. The first-order valence-corrected chi connectivity index (χ1v) is 10.9. The summed E-state index contributed by atoms with van der Waals surface area (Å²) in [5.41, 5.74) is 3.03. The predicted octanol–water partition coefficient (Wildman–Crippen LogP) is 3.78. The number of hydrogen-bond acceptors (Lipinski definition) is 4. The molecular formula is C21H26N2O4S. The molecule has 0 spiro atoms. The van der Waals surface area contributed by atoms with Crippen LogP contribution in [0.15, 0.2) is 47.4 Å². The zero-order valence-electron chi connectivity index (χ0n) is 16.4. The number of aryl methyl sites for hydroxylation is 2. The second kappa shape index (κ2) is 8.22. The topological polar surface area (TPSA) is 75.7 Å². The van der Waals surface area contributed by atoms with Gasteiger partial charge in [0, 0.05) is 18.8 Å². The van der Waals surface area contributed by atoms with Gasteiger partial charge < -0.3 is 15.0 Å². The standard InChI is InChI=1S/C21H26N2O4S/c1-15-4-5-17(14-16(15)2)22-21(24)23-12-10-20(11-13-23)28(25,26)19-8-6-18(27-3)7-9-19/h4-9,14,20H,10-13H2,1-3H3,(H,22,24). The van der Waals surface area contributed by atoms with Crippen molar-refractivity contribution in [3.63, 3.8) is 0 Å². The van der Waals surface area contributed by atoms with E-state index in [1.807, 2.05) is 32.0 Å². The molecule has 2 amide bonds. The molecule has 2 aromatic carbocycles. The van der Waals surface area contributed by atoms with E-state index in [1.54, 1.807) is 36.3 Å². The van der Waals surface area contributed by atoms with E-state index in [0.717, 1.165) is 11.3 Å². The maximum atomic E-state index is 12.9. The number of benzene rings is 2. The Balaban J connectivity index is 1.61. The molecule has 0 aliphatic carbocycles. The van der Waals surface area contributed by atoms with E-state index < -0.39 is 15.1 Å². The van der Waals surface area contributed by atoms with Crippen LogP contribution in [0.5, 0.6) is 5.75 Å². The molecule has 1 N–H and O–H groups in total. The molecule has 0 saturated carbocycles. The number of hydrogen-bond donors (Lipinski definition) is 1. The highest BCUT2D eigenvalue weighted by Gasteiger charge is 2.32. The highest BCUT2D eigenvalue weighted by Crippen LogP contribution is 2.26. The van der Waals surface area contributed by atoms with E-state index in [-0.39, 0.29) is 6.03 Å². The fraction of sp³-hybridized carbons (Fsp3) is 0.381. The van der Waals surface area contributed by atoms with Crippen LogP contribution in [0.1, 0.15) is 24.0 Å². The Morgan fingerprint density at radius 2 is 1.68 bits per heavy atom. The molecule has 28 heavy (non-hydrogen) atoms. The molecule has 1 fully saturated rings. The zero-order chi connectivity index (χ0) is 20.3. The van der Waals surface area contributed by atoms with E-state index >= 15 is 0 Å². The van der Waals surface area contributed by atoms with Gasteiger partial charge >= 0.3 is 6.03 Å². The van der Waals surface area contributed by atoms with Crippen molar-refractivity contribution in [1.29, 1.82) is 0 Å². The maximum absolute atomic E-state index is 12.9. The first-order chi connectivity index (χ1) is 13.3. The smallest absolute Gasteiger partial charge is 0.321 e. The highest BCUT2D eigenvalue weighted by molar-refractivity contribution is 7.92. The zero-order valence-corrected chi connectivity index (χ0v) is 17.3. The second-order valence-electron chi connectivity index (χ2n) is 7.14. The van der Waals surface area contributed by atoms with Crippen LogP contribution in [-0.2, 0) is 9.84 Å². The molecule has 0 bridgehead atoms. The summed E-state index contributed by atoms with van der Waals surface area (Å²) in [5, 5.41) is 2.42. The number of sulfone groups is 1. The van der Waals surface area contributed by atoms with Gasteiger partial charge in [0.25, 0.3) is 0 Å². The van der Waals surface area contributed by atoms with Crippen molar-refractivity contribution in [3.8, 4) is 5.75 Å². The molecule has 1 aliphatic heterocycles. The van der Waals surface area contributed by atoms with Gasteiger partial charge in [-0.15, -0.1) is 0 Å². The van der Waals surface area contributed by atoms with Gasteiger partial charge in [-0.2, -0.15) is 0 Å². The van der Waals surface area contributed by atoms with Crippen molar-refractivity contribution >= 4 is 21.6 Å². The van der Waals surface area contributed by atoms with Crippen molar-refractivity contribution in [2.45, 2.75) is 36.8 Å². The third-order valence-electron chi connectivity index (χ3n) is 5.31. The lowest BCUT2D eigenvalue weighted by atomic mass is 10.1. The number of nitrogens with zero attached hydrogens (tertiary/aromatic N) is 1. The summed E-state index contributed by atoms with van der Waals surface area (Å²) in [5.74, 6) is 0.622. The van der Waals surface area contributed by atoms with Crippen molar-refractivity contribution in [3.05, 3.63) is 53.6 Å². The van der Waals surface area contributed by atoms with Crippen LogP contribution < -0.4 is 10.1 Å². The summed E-state index contributed by atoms with van der Waals surface area (Å²) < 4.78 is 30.8. The molecule has 0 radical (unpaired) electrons. The number of likely N-dealkylation sites (tertiary alicyclic amines) is 1. The number of carbonyl (C=O) groups is 1. The lowest BCUT2D eigenvalue weighted by molar-refractivity contribution is 0.200. The fourth-order valence-corrected chi connectivity index (χ4v) is 5.08. The molecule has 1 heterocycles. The molecule has 1 aliphatic rings. The van der Waals surface area contributed by atoms with Gasteiger partial charge in [-0.1, -0.05) is 6.07 Å². The molecule has 7 heteroatoms. The summed E-state index contributed by atoms with van der Waals surface area (Å²) in [6, 6.07) is 12.1. The van der Waals surface area contributed by atoms with Crippen LogP contribution in [0.3, 0.4) is 0 Å². The Bertz CT molecular complexity index is 947. The predicted molar refractivity (Wildman–Crippen MR) is 110 cm³/mol. The normalized spacial score (nSPS) is 15.3. The van der Waals surface area contributed by atoms with Crippen molar-refractivity contribution in [1.82, 2.24) is 4.90 Å². The first-order valence-electron chi connectivity index (χ1n) is 9.32. The van der Waals surface area contributed by atoms with Gasteiger partial charge in [-0.3, -0.25) is 0 Å². The summed E-state index contributed by atoms with van der Waals surface area (Å²) in [6.07, 6.45) is 0.851. The summed E-state index contributed by atoms with van der Waals surface area (Å²) in [4.78, 5) is 14.5. The maximum Gasteiger partial charge on any atom is 0.321 e. The summed E-state index contributed by atoms with van der Waals surface area (Å²) in [7, 11) is -1.88. The van der Waals surface area contributed by atoms with Crippen LogP contribution in [-0.4, -0.2) is 44.8 Å². The average Bonchev–Trinajstić information content (AvgIpc) is 2.71. The summed E-state index contributed by atoms with van der Waals surface area (Å²) >= 11 is 0. The van der Waals surface area contributed by atoms with E-state index in [4.69, 9.17) is 4.74 Å². The SMILES string of the molecule is COc1ccc(S(=O)(=O)C2CCN(C(=O)Nc3ccc(C)c(C)c3)CC2)cc1. The van der Waals surface area contributed by atoms with Crippen molar-refractivity contribution in [2.75, 3.05) is 25.5 Å². The number of piperidine rings is 1. The molecule has 0 aromatic heterocycles. The largest absolute Gasteiger partial charge is 0.497 e. The van der Waals surface area contributed by atoms with Gasteiger partial charge in [-0.05, 0) is 74.2 Å². The Kier molecular flexibility index (Phi) is 5.93. The van der Waals surface area contributed by atoms with E-state index in [9.17, 15) is 13.2 Å². The number of urea groups is 1. The number of nitrogens with one attached hydrogen (secondary N) is 1. The Morgan fingerprint density at radius 3 is 2.25 bits per heavy atom. The molecule has 150 valence electrons. The monoisotopic (exact) mass is 402 g/mol. The van der Waals surface area contributed by atoms with Crippen LogP contribution >= 0.6 is 0 Å². The Labute approximate surface area is 166 Å². The fourth-order valence-electron chi connectivity index (χ4n) is 3.35. The molecule has 2 aromatic rings. The number of anilines is 1. The number of methoxy groups -OCH3 is 1. The van der Waals surface area contributed by atoms with E-state index in [1.165, 1.54) is 5.56 Å². The number of carbonyl (C=O) groups excluding carboxylic acids is 1. The van der Waals surface area contributed by atoms with E-state index in [0.29, 0.717) is 36.6 Å². The van der Waals surface area contributed by atoms with Crippen LogP contribution in [0.2, 0.25) is 0 Å². The minimum absolute atomic E-state index is 0.191. The number of ether oxygens (including phenoxy) is 1. The number of amides is 2. The van der Waals surface area contributed by atoms with Crippen LogP contribution in [0, 0.1) is 13.8 Å². The molecular weight excluding hydrogens is 376 g/mol. The van der Waals surface area contributed by atoms with Gasteiger partial charge in [-0.25, -0.2) is 13.2 Å². The van der Waals surface area contributed by atoms with Crippen LogP contribution in [0.25, 0.3) is 0 Å². The summed E-state index contributed by atoms with van der Waals surface area (Å²) in [6.45, 7) is 4.85. The molecule has 0 unspecified atom stereocenters. The third-order valence-corrected chi connectivity index (χ3v) is 7.59. The third kappa shape index (κ3) is 4.30. The minimum Gasteiger partial charge on any atom is -0.497 e. The number of rotatable bonds is 4. The molecule has 0 atom stereocenters. The average molecular weight is 403 g/mol. The molecule has 1 saturated heterocycles. The van der Waals surface area contributed by atoms with Gasteiger partial charge in [0.1, 0.15) is 5.75 Å². The minimum atomic E-state index is -3.42.